The van der Waals surface area contributed by atoms with Crippen molar-refractivity contribution < 1.29 is 19.1 Å². The first kappa shape index (κ1) is 23.4. The molecule has 0 aromatic heterocycles. The van der Waals surface area contributed by atoms with Crippen LogP contribution in [0.3, 0.4) is 0 Å². The highest BCUT2D eigenvalue weighted by Gasteiger charge is 2.38. The summed E-state index contributed by atoms with van der Waals surface area (Å²) in [7, 11) is 0. The molecule has 0 saturated heterocycles. The molecule has 0 aromatic carbocycles. The van der Waals surface area contributed by atoms with Gasteiger partial charge in [-0.05, 0) is 38.0 Å². The van der Waals surface area contributed by atoms with Gasteiger partial charge < -0.3 is 15.4 Å². The molecule has 1 unspecified atom stereocenters. The summed E-state index contributed by atoms with van der Waals surface area (Å²) in [6.07, 6.45) is 3.06. The lowest BCUT2D eigenvalue weighted by Gasteiger charge is -2.32. The van der Waals surface area contributed by atoms with Crippen LogP contribution < -0.4 is 10.6 Å². The van der Waals surface area contributed by atoms with Crippen LogP contribution in [0.15, 0.2) is 0 Å². The van der Waals surface area contributed by atoms with E-state index in [4.69, 9.17) is 4.74 Å². The van der Waals surface area contributed by atoms with E-state index in [1.165, 1.54) is 0 Å². The second-order valence-electron chi connectivity index (χ2n) is 7.52. The van der Waals surface area contributed by atoms with E-state index < -0.39 is 17.2 Å². The van der Waals surface area contributed by atoms with E-state index in [-0.39, 0.29) is 18.5 Å². The Balaban J connectivity index is 4.12. The first-order valence-electron chi connectivity index (χ1n) is 9.38. The first-order chi connectivity index (χ1) is 11.6. The number of ether oxygens (including phenoxy) is 1. The average molecular weight is 357 g/mol. The van der Waals surface area contributed by atoms with Crippen molar-refractivity contribution in [1.82, 2.24) is 10.6 Å². The summed E-state index contributed by atoms with van der Waals surface area (Å²) >= 11 is 0. The first-order valence-corrected chi connectivity index (χ1v) is 9.38. The number of carbonyl (C=O) groups excluding carboxylic acids is 3. The quantitative estimate of drug-likeness (QED) is 0.339. The maximum Gasteiger partial charge on any atom is 0.312 e. The van der Waals surface area contributed by atoms with E-state index >= 15 is 0 Å². The van der Waals surface area contributed by atoms with Crippen LogP contribution in [0, 0.1) is 17.3 Å². The summed E-state index contributed by atoms with van der Waals surface area (Å²) in [5.41, 5.74) is -0.503. The molecule has 0 rings (SSSR count). The zero-order valence-corrected chi connectivity index (χ0v) is 16.7. The van der Waals surface area contributed by atoms with Gasteiger partial charge in [-0.3, -0.25) is 14.4 Å². The van der Waals surface area contributed by atoms with Gasteiger partial charge in [-0.2, -0.15) is 0 Å². The van der Waals surface area contributed by atoms with Crippen LogP contribution in [0.1, 0.15) is 67.2 Å². The third-order valence-electron chi connectivity index (χ3n) is 4.43. The van der Waals surface area contributed by atoms with Gasteiger partial charge in [0.25, 0.3) is 0 Å². The summed E-state index contributed by atoms with van der Waals surface area (Å²) in [6, 6.07) is 0. The minimum Gasteiger partial charge on any atom is -0.465 e. The number of hydrogen-bond donors (Lipinski definition) is 2. The molecular weight excluding hydrogens is 320 g/mol. The van der Waals surface area contributed by atoms with Gasteiger partial charge in [0.15, 0.2) is 0 Å². The van der Waals surface area contributed by atoms with Gasteiger partial charge in [-0.25, -0.2) is 0 Å². The van der Waals surface area contributed by atoms with Crippen molar-refractivity contribution in [2.45, 2.75) is 67.2 Å². The number of unbranched alkanes of at least 4 members (excludes halogenated alkanes) is 1. The van der Waals surface area contributed by atoms with Crippen LogP contribution >= 0.6 is 0 Å². The second-order valence-corrected chi connectivity index (χ2v) is 7.52. The van der Waals surface area contributed by atoms with Gasteiger partial charge in [0.2, 0.25) is 0 Å². The third kappa shape index (κ3) is 8.89. The number of amides is 2. The molecule has 6 nitrogen and oxygen atoms in total. The number of hydrogen-bond acceptors (Lipinski definition) is 4. The van der Waals surface area contributed by atoms with Crippen LogP contribution in [-0.2, 0) is 19.1 Å². The van der Waals surface area contributed by atoms with Crippen molar-refractivity contribution in [1.29, 1.82) is 0 Å². The summed E-state index contributed by atoms with van der Waals surface area (Å²) < 4.78 is 5.40. The Labute approximate surface area is 152 Å². The van der Waals surface area contributed by atoms with E-state index in [2.05, 4.69) is 24.5 Å². The highest BCUT2D eigenvalue weighted by molar-refractivity contribution is 6.35. The van der Waals surface area contributed by atoms with Crippen LogP contribution in [0.2, 0.25) is 0 Å². The Hall–Kier alpha value is -1.59. The van der Waals surface area contributed by atoms with Crippen molar-refractivity contribution in [3.05, 3.63) is 0 Å². The van der Waals surface area contributed by atoms with Crippen LogP contribution in [0.5, 0.6) is 0 Å². The van der Waals surface area contributed by atoms with Gasteiger partial charge >= 0.3 is 17.8 Å². The SMILES string of the molecule is CCCCNC(=O)C(=O)NCCCOC(=O)C(C)(CC(C)C)C(C)C. The topological polar surface area (TPSA) is 84.5 Å². The lowest BCUT2D eigenvalue weighted by atomic mass is 9.73. The predicted molar refractivity (Wildman–Crippen MR) is 98.9 cm³/mol. The van der Waals surface area contributed by atoms with E-state index in [1.807, 2.05) is 27.7 Å². The van der Waals surface area contributed by atoms with Crippen molar-refractivity contribution in [2.24, 2.45) is 17.3 Å². The molecule has 0 radical (unpaired) electrons. The fourth-order valence-corrected chi connectivity index (χ4v) is 2.55. The van der Waals surface area contributed by atoms with Gasteiger partial charge in [-0.15, -0.1) is 0 Å². The molecule has 0 aliphatic rings. The minimum absolute atomic E-state index is 0.189. The maximum atomic E-state index is 12.4. The molecular formula is C19H36N2O4. The van der Waals surface area contributed by atoms with Crippen molar-refractivity contribution >= 4 is 17.8 Å². The standard InChI is InChI=1S/C19H36N2O4/c1-7-8-10-20-16(22)17(23)21-11-9-12-25-18(24)19(6,15(4)5)13-14(2)3/h14-15H,7-13H2,1-6H3,(H,20,22)(H,21,23). The van der Waals surface area contributed by atoms with Gasteiger partial charge in [0, 0.05) is 13.1 Å². The summed E-state index contributed by atoms with van der Waals surface area (Å²) in [4.78, 5) is 35.5. The summed E-state index contributed by atoms with van der Waals surface area (Å²) in [5, 5.41) is 5.09. The Morgan fingerprint density at radius 2 is 1.48 bits per heavy atom. The molecule has 0 saturated carbocycles. The normalized spacial score (nSPS) is 13.4. The number of esters is 1. The lowest BCUT2D eigenvalue weighted by molar-refractivity contribution is -0.159. The minimum atomic E-state index is -0.644. The molecule has 146 valence electrons. The predicted octanol–water partition coefficient (Wildman–Crippen LogP) is 2.66. The molecule has 0 spiro atoms. The molecule has 6 heteroatoms. The molecule has 0 aromatic rings. The van der Waals surface area contributed by atoms with E-state index in [0.29, 0.717) is 25.4 Å². The van der Waals surface area contributed by atoms with Gasteiger partial charge in [-0.1, -0.05) is 41.0 Å². The van der Waals surface area contributed by atoms with E-state index in [0.717, 1.165) is 19.3 Å². The monoisotopic (exact) mass is 356 g/mol. The van der Waals surface area contributed by atoms with Crippen molar-refractivity contribution in [2.75, 3.05) is 19.7 Å². The molecule has 2 amide bonds. The second kappa shape index (κ2) is 11.9. The fourth-order valence-electron chi connectivity index (χ4n) is 2.55. The summed E-state index contributed by atoms with van der Waals surface area (Å²) in [6.45, 7) is 13.2. The lowest BCUT2D eigenvalue weighted by Crippen LogP contribution is -2.41. The molecule has 0 aliphatic carbocycles. The molecule has 0 heterocycles. The van der Waals surface area contributed by atoms with E-state index in [9.17, 15) is 14.4 Å². The molecule has 0 aliphatic heterocycles. The largest absolute Gasteiger partial charge is 0.465 e. The zero-order valence-electron chi connectivity index (χ0n) is 16.7. The third-order valence-corrected chi connectivity index (χ3v) is 4.43. The summed E-state index contributed by atoms with van der Waals surface area (Å²) in [5.74, 6) is -0.858. The zero-order chi connectivity index (χ0) is 19.5. The fraction of sp³-hybridized carbons (Fsp3) is 0.842. The number of nitrogens with one attached hydrogen (secondary N) is 2. The maximum absolute atomic E-state index is 12.4. The molecule has 2 N–H and O–H groups in total. The number of rotatable bonds is 11. The van der Waals surface area contributed by atoms with Gasteiger partial charge in [0.1, 0.15) is 0 Å². The van der Waals surface area contributed by atoms with Crippen molar-refractivity contribution in [3.63, 3.8) is 0 Å². The Kier molecular flexibility index (Phi) is 11.1. The van der Waals surface area contributed by atoms with Crippen LogP contribution in [0.25, 0.3) is 0 Å². The smallest absolute Gasteiger partial charge is 0.312 e. The van der Waals surface area contributed by atoms with Crippen LogP contribution in [-0.4, -0.2) is 37.5 Å². The number of carbonyl (C=O) groups is 3. The molecule has 1 atom stereocenters. The Morgan fingerprint density at radius 3 is 1.92 bits per heavy atom. The van der Waals surface area contributed by atoms with Gasteiger partial charge in [0.05, 0.1) is 12.0 Å². The Morgan fingerprint density at radius 1 is 0.960 bits per heavy atom. The van der Waals surface area contributed by atoms with E-state index in [1.54, 1.807) is 0 Å². The average Bonchev–Trinajstić information content (AvgIpc) is 2.53. The highest BCUT2D eigenvalue weighted by atomic mass is 16.5. The molecule has 25 heavy (non-hydrogen) atoms. The van der Waals surface area contributed by atoms with Crippen LogP contribution in [0.4, 0.5) is 0 Å². The molecule has 0 fully saturated rings. The highest BCUT2D eigenvalue weighted by Crippen LogP contribution is 2.35. The van der Waals surface area contributed by atoms with Crippen molar-refractivity contribution in [3.8, 4) is 0 Å². The molecule has 0 bridgehead atoms. The Bertz CT molecular complexity index is 435.